The van der Waals surface area contributed by atoms with Crippen molar-refractivity contribution in [2.75, 3.05) is 12.3 Å². The Labute approximate surface area is 102 Å². The highest BCUT2D eigenvalue weighted by Gasteiger charge is 2.21. The molecule has 8 heteroatoms. The summed E-state index contributed by atoms with van der Waals surface area (Å²) in [7, 11) is 1.49. The van der Waals surface area contributed by atoms with Crippen LogP contribution in [0.3, 0.4) is 0 Å². The molecular weight excluding hydrogens is 266 g/mol. The normalized spacial score (nSPS) is 12.4. The lowest BCUT2D eigenvalue weighted by atomic mass is 10.5. The fourth-order valence-corrected chi connectivity index (χ4v) is 4.58. The molecule has 0 amide bonds. The molecule has 0 heterocycles. The van der Waals surface area contributed by atoms with Gasteiger partial charge >= 0.3 is 17.9 Å². The van der Waals surface area contributed by atoms with Crippen molar-refractivity contribution < 1.29 is 29.7 Å². The molecule has 0 aromatic heterocycles. The molecule has 0 aliphatic rings. The minimum atomic E-state index is -0.955. The molecule has 0 saturated carbocycles. The maximum atomic E-state index is 10.6. The van der Waals surface area contributed by atoms with Crippen LogP contribution in [-0.2, 0) is 14.4 Å². The number of carboxylic acids is 3. The topological polar surface area (TPSA) is 112 Å². The van der Waals surface area contributed by atoms with Crippen molar-refractivity contribution in [1.29, 1.82) is 0 Å². The highest BCUT2D eigenvalue weighted by molar-refractivity contribution is 7.65. The number of aliphatic carboxylic acids is 3. The second-order valence-electron chi connectivity index (χ2n) is 3.49. The molecular formula is C9H16O6P2. The largest absolute Gasteiger partial charge is 0.481 e. The first-order valence-corrected chi connectivity index (χ1v) is 7.42. The van der Waals surface area contributed by atoms with Crippen molar-refractivity contribution >= 4 is 35.1 Å². The van der Waals surface area contributed by atoms with Crippen molar-refractivity contribution in [3.05, 3.63) is 0 Å². The average molecular weight is 282 g/mol. The molecule has 0 rings (SSSR count). The van der Waals surface area contributed by atoms with Crippen LogP contribution in [0.1, 0.15) is 19.3 Å². The van der Waals surface area contributed by atoms with E-state index in [1.165, 1.54) is 0 Å². The van der Waals surface area contributed by atoms with E-state index in [1.807, 2.05) is 0 Å². The van der Waals surface area contributed by atoms with E-state index in [1.54, 1.807) is 0 Å². The molecule has 98 valence electrons. The zero-order valence-corrected chi connectivity index (χ0v) is 11.3. The van der Waals surface area contributed by atoms with Gasteiger partial charge in [0, 0.05) is 18.2 Å². The molecule has 0 aliphatic heterocycles. The van der Waals surface area contributed by atoms with Crippen LogP contribution < -0.4 is 0 Å². The van der Waals surface area contributed by atoms with Gasteiger partial charge in [0.25, 0.3) is 0 Å². The van der Waals surface area contributed by atoms with Crippen molar-refractivity contribution in [3.8, 4) is 0 Å². The van der Waals surface area contributed by atoms with E-state index in [0.29, 0.717) is 12.3 Å². The maximum absolute atomic E-state index is 10.6. The fraction of sp³-hybridized carbons (Fsp3) is 0.667. The Morgan fingerprint density at radius 1 is 0.941 bits per heavy atom. The molecule has 0 aromatic rings. The number of hydrogen-bond acceptors (Lipinski definition) is 3. The molecule has 0 spiro atoms. The minimum absolute atomic E-state index is 0.0458. The Hall–Kier alpha value is -0.730. The summed E-state index contributed by atoms with van der Waals surface area (Å²) in [4.78, 5) is 31.5. The molecule has 2 atom stereocenters. The highest BCUT2D eigenvalue weighted by Crippen LogP contribution is 2.47. The standard InChI is InChI=1S/C9H16O6P2/c10-6(11)1-3-17(4-2-7(12)13)9(16)5-8(14)15/h9H,1-5,16H2,(H,10,11)(H,12,13)(H,14,15). The van der Waals surface area contributed by atoms with Crippen LogP contribution in [0.15, 0.2) is 0 Å². The maximum Gasteiger partial charge on any atom is 0.304 e. The molecule has 0 aromatic carbocycles. The number of carboxylic acid groups (broad SMARTS) is 3. The fourth-order valence-electron chi connectivity index (χ4n) is 1.23. The quantitative estimate of drug-likeness (QED) is 0.546. The summed E-state index contributed by atoms with van der Waals surface area (Å²) in [6.07, 6.45) is 0.556. The number of carbonyl (C=O) groups is 3. The average Bonchev–Trinajstić information content (AvgIpc) is 2.15. The second-order valence-corrected chi connectivity index (χ2v) is 7.59. The summed E-state index contributed by atoms with van der Waals surface area (Å²) in [6.45, 7) is 0. The lowest BCUT2D eigenvalue weighted by Crippen LogP contribution is -2.12. The van der Waals surface area contributed by atoms with Gasteiger partial charge in [0.2, 0.25) is 0 Å². The van der Waals surface area contributed by atoms with Crippen LogP contribution in [0.25, 0.3) is 0 Å². The van der Waals surface area contributed by atoms with Crippen LogP contribution in [-0.4, -0.2) is 51.0 Å². The Kier molecular flexibility index (Phi) is 8.01. The van der Waals surface area contributed by atoms with Gasteiger partial charge in [-0.1, -0.05) is 7.92 Å². The lowest BCUT2D eigenvalue weighted by Gasteiger charge is -2.22. The molecule has 0 saturated heterocycles. The molecule has 17 heavy (non-hydrogen) atoms. The molecule has 0 radical (unpaired) electrons. The summed E-state index contributed by atoms with van der Waals surface area (Å²) < 4.78 is 0. The van der Waals surface area contributed by atoms with Gasteiger partial charge in [0.1, 0.15) is 0 Å². The molecule has 2 unspecified atom stereocenters. The predicted molar refractivity (Wildman–Crippen MR) is 66.9 cm³/mol. The Balaban J connectivity index is 4.31. The van der Waals surface area contributed by atoms with Gasteiger partial charge < -0.3 is 15.3 Å². The summed E-state index contributed by atoms with van der Waals surface area (Å²) >= 11 is 0. The third kappa shape index (κ3) is 9.02. The molecule has 0 bridgehead atoms. The van der Waals surface area contributed by atoms with Crippen LogP contribution in [0.4, 0.5) is 0 Å². The molecule has 0 aliphatic carbocycles. The van der Waals surface area contributed by atoms with Gasteiger partial charge in [-0.2, -0.15) is 0 Å². The Bertz CT molecular complexity index is 275. The van der Waals surface area contributed by atoms with Gasteiger partial charge in [-0.25, -0.2) is 0 Å². The van der Waals surface area contributed by atoms with Crippen molar-refractivity contribution in [3.63, 3.8) is 0 Å². The van der Waals surface area contributed by atoms with E-state index < -0.39 is 25.8 Å². The first kappa shape index (κ1) is 16.3. The first-order valence-electron chi connectivity index (χ1n) is 4.98. The zero-order valence-electron chi connectivity index (χ0n) is 9.20. The van der Waals surface area contributed by atoms with Gasteiger partial charge in [-0.15, -0.1) is 9.24 Å². The monoisotopic (exact) mass is 282 g/mol. The van der Waals surface area contributed by atoms with E-state index in [9.17, 15) is 14.4 Å². The summed E-state index contributed by atoms with van der Waals surface area (Å²) in [5.74, 6) is -2.84. The van der Waals surface area contributed by atoms with Gasteiger partial charge in [-0.05, 0) is 12.3 Å². The van der Waals surface area contributed by atoms with Crippen LogP contribution in [0.5, 0.6) is 0 Å². The van der Waals surface area contributed by atoms with E-state index in [0.717, 1.165) is 0 Å². The zero-order chi connectivity index (χ0) is 13.4. The molecule has 3 N–H and O–H groups in total. The Morgan fingerprint density at radius 3 is 1.65 bits per heavy atom. The highest BCUT2D eigenvalue weighted by atomic mass is 31.2. The Morgan fingerprint density at radius 2 is 1.35 bits per heavy atom. The molecule has 0 fully saturated rings. The smallest absolute Gasteiger partial charge is 0.304 e. The first-order chi connectivity index (χ1) is 7.82. The summed E-state index contributed by atoms with van der Waals surface area (Å²) in [5, 5.41) is 25.6. The van der Waals surface area contributed by atoms with Crippen LogP contribution in [0, 0.1) is 0 Å². The third-order valence-electron chi connectivity index (χ3n) is 2.08. The van der Waals surface area contributed by atoms with E-state index in [4.69, 9.17) is 15.3 Å². The van der Waals surface area contributed by atoms with E-state index in [2.05, 4.69) is 9.24 Å². The van der Waals surface area contributed by atoms with Gasteiger partial charge in [0.05, 0.1) is 6.42 Å². The van der Waals surface area contributed by atoms with Crippen LogP contribution >= 0.6 is 17.2 Å². The van der Waals surface area contributed by atoms with Crippen molar-refractivity contribution in [2.24, 2.45) is 0 Å². The van der Waals surface area contributed by atoms with Crippen molar-refractivity contribution in [1.82, 2.24) is 0 Å². The van der Waals surface area contributed by atoms with Gasteiger partial charge in [0.15, 0.2) is 0 Å². The van der Waals surface area contributed by atoms with Crippen LogP contribution in [0.2, 0.25) is 0 Å². The SMILES string of the molecule is O=C(O)CCP(CCC(=O)O)C(P)CC(=O)O. The number of rotatable bonds is 9. The lowest BCUT2D eigenvalue weighted by molar-refractivity contribution is -0.137. The minimum Gasteiger partial charge on any atom is -0.481 e. The van der Waals surface area contributed by atoms with Crippen molar-refractivity contribution in [2.45, 2.75) is 24.7 Å². The molecule has 6 nitrogen and oxygen atoms in total. The van der Waals surface area contributed by atoms with Gasteiger partial charge in [-0.3, -0.25) is 14.4 Å². The predicted octanol–water partition coefficient (Wildman–Crippen LogP) is 1.09. The second kappa shape index (κ2) is 8.37. The number of hydrogen-bond donors (Lipinski definition) is 3. The third-order valence-corrected chi connectivity index (χ3v) is 6.30. The van der Waals surface area contributed by atoms with E-state index in [-0.39, 0.29) is 24.7 Å². The van der Waals surface area contributed by atoms with E-state index >= 15 is 0 Å². The summed E-state index contributed by atoms with van der Waals surface area (Å²) in [6, 6.07) is 0. The summed E-state index contributed by atoms with van der Waals surface area (Å²) in [5.41, 5.74) is 0.